The molecular formula is C12H10O3. The van der Waals surface area contributed by atoms with Gasteiger partial charge in [0.1, 0.15) is 5.41 Å². The molecule has 0 aromatic heterocycles. The fourth-order valence-electron chi connectivity index (χ4n) is 2.64. The molecule has 15 heavy (non-hydrogen) atoms. The van der Waals surface area contributed by atoms with Crippen LogP contribution in [0.25, 0.3) is 0 Å². The molecule has 1 heterocycles. The summed E-state index contributed by atoms with van der Waals surface area (Å²) >= 11 is 0. The molecule has 1 aliphatic carbocycles. The van der Waals surface area contributed by atoms with E-state index >= 15 is 0 Å². The third-order valence-corrected chi connectivity index (χ3v) is 3.40. The maximum Gasteiger partial charge on any atom is 0.324 e. The van der Waals surface area contributed by atoms with Gasteiger partial charge in [0, 0.05) is 0 Å². The predicted molar refractivity (Wildman–Crippen MR) is 52.2 cm³/mol. The van der Waals surface area contributed by atoms with E-state index in [0.29, 0.717) is 6.42 Å². The van der Waals surface area contributed by atoms with E-state index in [2.05, 4.69) is 4.74 Å². The average Bonchev–Trinajstić information content (AvgIpc) is 2.72. The largest absolute Gasteiger partial charge is 0.392 e. The van der Waals surface area contributed by atoms with Gasteiger partial charge in [0.25, 0.3) is 0 Å². The van der Waals surface area contributed by atoms with E-state index in [4.69, 9.17) is 0 Å². The van der Waals surface area contributed by atoms with Crippen molar-refractivity contribution in [3.8, 4) is 0 Å². The Morgan fingerprint density at radius 2 is 2.00 bits per heavy atom. The van der Waals surface area contributed by atoms with Gasteiger partial charge in [-0.3, -0.25) is 9.59 Å². The Labute approximate surface area is 87.0 Å². The van der Waals surface area contributed by atoms with Crippen LogP contribution < -0.4 is 0 Å². The van der Waals surface area contributed by atoms with Crippen molar-refractivity contribution >= 4 is 11.9 Å². The van der Waals surface area contributed by atoms with E-state index in [9.17, 15) is 9.59 Å². The van der Waals surface area contributed by atoms with Crippen molar-refractivity contribution in [1.29, 1.82) is 0 Å². The number of rotatable bonds is 0. The number of carbonyl (C=O) groups is 2. The molecule has 1 unspecified atom stereocenters. The Kier molecular flexibility index (Phi) is 1.55. The van der Waals surface area contributed by atoms with Crippen LogP contribution in [0, 0.1) is 0 Å². The molecule has 1 spiro atoms. The predicted octanol–water partition coefficient (Wildman–Crippen LogP) is 1.34. The van der Waals surface area contributed by atoms with Crippen molar-refractivity contribution < 1.29 is 14.3 Å². The highest BCUT2D eigenvalue weighted by atomic mass is 16.6. The standard InChI is InChI=1S/C12H10O3/c13-10-7-12(11(14)15-10)6-5-8-3-1-2-4-9(8)12/h1-4H,5-7H2. The van der Waals surface area contributed by atoms with Gasteiger partial charge in [0.2, 0.25) is 0 Å². The fourth-order valence-corrected chi connectivity index (χ4v) is 2.64. The lowest BCUT2D eigenvalue weighted by atomic mass is 9.80. The second kappa shape index (κ2) is 2.69. The smallest absolute Gasteiger partial charge is 0.324 e. The van der Waals surface area contributed by atoms with Crippen LogP contribution >= 0.6 is 0 Å². The van der Waals surface area contributed by atoms with Gasteiger partial charge in [-0.15, -0.1) is 0 Å². The lowest BCUT2D eigenvalue weighted by Gasteiger charge is -2.17. The first-order valence-electron chi connectivity index (χ1n) is 5.06. The van der Waals surface area contributed by atoms with E-state index in [-0.39, 0.29) is 12.4 Å². The molecule has 3 heteroatoms. The number of hydrogen-bond donors (Lipinski definition) is 0. The SMILES string of the molecule is O=C1CC2(CCc3ccccc32)C(=O)O1. The minimum atomic E-state index is -0.659. The Bertz CT molecular complexity index is 464. The number of esters is 2. The number of carbonyl (C=O) groups excluding carboxylic acids is 2. The van der Waals surface area contributed by atoms with Crippen LogP contribution in [0.15, 0.2) is 24.3 Å². The van der Waals surface area contributed by atoms with Crippen molar-refractivity contribution in [1.82, 2.24) is 0 Å². The van der Waals surface area contributed by atoms with Crippen LogP contribution in [0.5, 0.6) is 0 Å². The Hall–Kier alpha value is -1.64. The summed E-state index contributed by atoms with van der Waals surface area (Å²) in [5.41, 5.74) is 1.50. The molecule has 1 aromatic rings. The molecule has 0 saturated carbocycles. The number of aryl methyl sites for hydroxylation is 1. The lowest BCUT2D eigenvalue weighted by Crippen LogP contribution is -2.28. The van der Waals surface area contributed by atoms with Gasteiger partial charge in [-0.1, -0.05) is 24.3 Å². The monoisotopic (exact) mass is 202 g/mol. The zero-order valence-corrected chi connectivity index (χ0v) is 8.16. The first kappa shape index (κ1) is 8.65. The molecule has 76 valence electrons. The van der Waals surface area contributed by atoms with E-state index < -0.39 is 11.4 Å². The molecular weight excluding hydrogens is 192 g/mol. The van der Waals surface area contributed by atoms with Crippen LogP contribution in [-0.2, 0) is 26.2 Å². The third kappa shape index (κ3) is 1.00. The van der Waals surface area contributed by atoms with Crippen molar-refractivity contribution in [3.63, 3.8) is 0 Å². The Balaban J connectivity index is 2.17. The third-order valence-electron chi connectivity index (χ3n) is 3.40. The summed E-state index contributed by atoms with van der Waals surface area (Å²) in [6.07, 6.45) is 1.78. The lowest BCUT2D eigenvalue weighted by molar-refractivity contribution is -0.153. The van der Waals surface area contributed by atoms with E-state index in [1.165, 1.54) is 5.56 Å². The highest BCUT2D eigenvalue weighted by molar-refractivity contribution is 6.02. The topological polar surface area (TPSA) is 43.4 Å². The van der Waals surface area contributed by atoms with E-state index in [0.717, 1.165) is 12.0 Å². The van der Waals surface area contributed by atoms with Crippen LogP contribution in [0.4, 0.5) is 0 Å². The molecule has 0 radical (unpaired) electrons. The fraction of sp³-hybridized carbons (Fsp3) is 0.333. The Morgan fingerprint density at radius 3 is 2.73 bits per heavy atom. The van der Waals surface area contributed by atoms with Gasteiger partial charge < -0.3 is 4.74 Å². The first-order valence-corrected chi connectivity index (χ1v) is 5.06. The van der Waals surface area contributed by atoms with E-state index in [1.807, 2.05) is 24.3 Å². The first-order chi connectivity index (χ1) is 7.22. The molecule has 0 bridgehead atoms. The number of hydrogen-bond acceptors (Lipinski definition) is 3. The normalized spacial score (nSPS) is 28.3. The summed E-state index contributed by atoms with van der Waals surface area (Å²) in [4.78, 5) is 22.9. The summed E-state index contributed by atoms with van der Waals surface area (Å²) in [6, 6.07) is 7.81. The Morgan fingerprint density at radius 1 is 1.20 bits per heavy atom. The molecule has 0 amide bonds. The number of cyclic esters (lactones) is 2. The minimum absolute atomic E-state index is 0.211. The molecule has 1 aliphatic heterocycles. The second-order valence-corrected chi connectivity index (χ2v) is 4.18. The van der Waals surface area contributed by atoms with Gasteiger partial charge in [0.15, 0.2) is 0 Å². The highest BCUT2D eigenvalue weighted by Gasteiger charge is 2.53. The summed E-state index contributed by atoms with van der Waals surface area (Å²) in [5.74, 6) is -0.755. The van der Waals surface area contributed by atoms with Gasteiger partial charge in [0.05, 0.1) is 6.42 Å². The van der Waals surface area contributed by atoms with Crippen LogP contribution in [0.1, 0.15) is 24.0 Å². The van der Waals surface area contributed by atoms with Gasteiger partial charge >= 0.3 is 11.9 Å². The minimum Gasteiger partial charge on any atom is -0.392 e. The van der Waals surface area contributed by atoms with Gasteiger partial charge in [-0.25, -0.2) is 0 Å². The summed E-state index contributed by atoms with van der Waals surface area (Å²) < 4.78 is 4.68. The van der Waals surface area contributed by atoms with Crippen molar-refractivity contribution in [2.24, 2.45) is 0 Å². The summed E-state index contributed by atoms with van der Waals surface area (Å²) in [5, 5.41) is 0. The molecule has 2 aliphatic rings. The number of ether oxygens (including phenoxy) is 1. The van der Waals surface area contributed by atoms with Crippen molar-refractivity contribution in [2.45, 2.75) is 24.7 Å². The zero-order valence-electron chi connectivity index (χ0n) is 8.16. The van der Waals surface area contributed by atoms with E-state index in [1.54, 1.807) is 0 Å². The molecule has 0 N–H and O–H groups in total. The van der Waals surface area contributed by atoms with Gasteiger partial charge in [-0.2, -0.15) is 0 Å². The maximum atomic E-state index is 11.7. The molecule has 3 rings (SSSR count). The molecule has 3 nitrogen and oxygen atoms in total. The average molecular weight is 202 g/mol. The number of benzene rings is 1. The van der Waals surface area contributed by atoms with Crippen molar-refractivity contribution in [2.75, 3.05) is 0 Å². The maximum absolute atomic E-state index is 11.7. The number of fused-ring (bicyclic) bond motifs is 2. The van der Waals surface area contributed by atoms with Crippen LogP contribution in [0.2, 0.25) is 0 Å². The molecule has 1 saturated heterocycles. The molecule has 1 aromatic carbocycles. The molecule has 1 fully saturated rings. The quantitative estimate of drug-likeness (QED) is 0.471. The highest BCUT2D eigenvalue weighted by Crippen LogP contribution is 2.45. The van der Waals surface area contributed by atoms with Crippen LogP contribution in [-0.4, -0.2) is 11.9 Å². The van der Waals surface area contributed by atoms with Crippen molar-refractivity contribution in [3.05, 3.63) is 35.4 Å². The van der Waals surface area contributed by atoms with Crippen LogP contribution in [0.3, 0.4) is 0 Å². The zero-order chi connectivity index (χ0) is 10.5. The summed E-state index contributed by atoms with van der Waals surface area (Å²) in [7, 11) is 0. The van der Waals surface area contributed by atoms with Gasteiger partial charge in [-0.05, 0) is 24.0 Å². The second-order valence-electron chi connectivity index (χ2n) is 4.18. The summed E-state index contributed by atoms with van der Waals surface area (Å²) in [6.45, 7) is 0. The molecule has 1 atom stereocenters.